The summed E-state index contributed by atoms with van der Waals surface area (Å²) in [6, 6.07) is 1.77. The fourth-order valence-corrected chi connectivity index (χ4v) is 2.14. The van der Waals surface area contributed by atoms with Crippen molar-refractivity contribution in [3.8, 4) is 6.07 Å². The molecule has 1 N–H and O–H groups in total. The Morgan fingerprint density at radius 2 is 2.37 bits per heavy atom. The Labute approximate surface area is 113 Å². The number of rotatable bonds is 2. The van der Waals surface area contributed by atoms with Crippen molar-refractivity contribution in [2.75, 3.05) is 24.6 Å². The molecule has 0 radical (unpaired) electrons. The van der Waals surface area contributed by atoms with Gasteiger partial charge in [-0.25, -0.2) is 18.7 Å². The summed E-state index contributed by atoms with van der Waals surface area (Å²) in [5.74, 6) is -3.69. The van der Waals surface area contributed by atoms with Gasteiger partial charge in [0.2, 0.25) is 0 Å². The molecule has 1 aliphatic rings. The lowest BCUT2D eigenvalue weighted by molar-refractivity contribution is -0.0880. The number of hydrogen-bond donors (Lipinski definition) is 1. The Balaban J connectivity index is 2.20. The van der Waals surface area contributed by atoms with Crippen LogP contribution >= 0.6 is 11.6 Å². The fourth-order valence-electron chi connectivity index (χ4n) is 1.96. The zero-order valence-corrected chi connectivity index (χ0v) is 10.6. The summed E-state index contributed by atoms with van der Waals surface area (Å²) in [5.41, 5.74) is -0.00790. The van der Waals surface area contributed by atoms with Crippen molar-refractivity contribution in [1.29, 1.82) is 5.26 Å². The number of piperidine rings is 1. The standard InChI is InChI=1S/C11H11ClF2N4O/c12-10-8(3-15)16-4-9(17-10)18-2-1-11(13,14)7(5-18)6-19/h4,7,19H,1-2,5-6H2/t7-/m0/s1. The second-order valence-corrected chi connectivity index (χ2v) is 4.67. The van der Waals surface area contributed by atoms with Crippen LogP contribution in [0.15, 0.2) is 6.20 Å². The molecule has 1 fully saturated rings. The van der Waals surface area contributed by atoms with E-state index >= 15 is 0 Å². The Hall–Kier alpha value is -1.52. The number of alkyl halides is 2. The molecule has 1 saturated heterocycles. The molecule has 1 aromatic heterocycles. The summed E-state index contributed by atoms with van der Waals surface area (Å²) in [5, 5.41) is 17.6. The van der Waals surface area contributed by atoms with E-state index in [1.54, 1.807) is 11.0 Å². The van der Waals surface area contributed by atoms with Crippen LogP contribution in [0.25, 0.3) is 0 Å². The normalized spacial score (nSPS) is 22.1. The Kier molecular flexibility index (Phi) is 3.83. The van der Waals surface area contributed by atoms with Gasteiger partial charge in [-0.05, 0) is 0 Å². The minimum absolute atomic E-state index is 0.00790. The quantitative estimate of drug-likeness (QED) is 0.892. The average molecular weight is 289 g/mol. The van der Waals surface area contributed by atoms with E-state index in [4.69, 9.17) is 22.0 Å². The SMILES string of the molecule is N#Cc1ncc(N2CCC(F)(F)[C@H](CO)C2)nc1Cl. The Morgan fingerprint density at radius 3 is 2.95 bits per heavy atom. The molecule has 0 unspecified atom stereocenters. The van der Waals surface area contributed by atoms with Crippen LogP contribution in [0.1, 0.15) is 12.1 Å². The lowest BCUT2D eigenvalue weighted by atomic mass is 9.94. The lowest BCUT2D eigenvalue weighted by Gasteiger charge is -2.37. The van der Waals surface area contributed by atoms with Gasteiger partial charge in [-0.1, -0.05) is 11.6 Å². The first kappa shape index (κ1) is 13.9. The van der Waals surface area contributed by atoms with Crippen molar-refractivity contribution < 1.29 is 13.9 Å². The summed E-state index contributed by atoms with van der Waals surface area (Å²) >= 11 is 5.75. The molecule has 2 rings (SSSR count). The summed E-state index contributed by atoms with van der Waals surface area (Å²) < 4.78 is 26.9. The highest BCUT2D eigenvalue weighted by molar-refractivity contribution is 6.30. The number of aromatic nitrogens is 2. The van der Waals surface area contributed by atoms with E-state index in [9.17, 15) is 8.78 Å². The van der Waals surface area contributed by atoms with Crippen LogP contribution in [0, 0.1) is 17.2 Å². The maximum Gasteiger partial charge on any atom is 0.256 e. The van der Waals surface area contributed by atoms with Crippen LogP contribution in [0.3, 0.4) is 0 Å². The minimum Gasteiger partial charge on any atom is -0.396 e. The zero-order chi connectivity index (χ0) is 14.0. The second kappa shape index (κ2) is 5.23. The third kappa shape index (κ3) is 2.74. The molecule has 0 amide bonds. The average Bonchev–Trinajstić information content (AvgIpc) is 2.38. The molecule has 19 heavy (non-hydrogen) atoms. The van der Waals surface area contributed by atoms with Gasteiger partial charge in [-0.2, -0.15) is 5.26 Å². The number of anilines is 1. The Morgan fingerprint density at radius 1 is 1.63 bits per heavy atom. The van der Waals surface area contributed by atoms with Crippen LogP contribution in [0.4, 0.5) is 14.6 Å². The minimum atomic E-state index is -2.88. The van der Waals surface area contributed by atoms with Crippen LogP contribution in [-0.2, 0) is 0 Å². The number of nitrogens with zero attached hydrogens (tertiary/aromatic N) is 4. The number of aliphatic hydroxyl groups excluding tert-OH is 1. The molecule has 0 bridgehead atoms. The maximum atomic E-state index is 13.5. The van der Waals surface area contributed by atoms with Gasteiger partial charge in [0.05, 0.1) is 18.7 Å². The van der Waals surface area contributed by atoms with Crippen molar-refractivity contribution in [3.63, 3.8) is 0 Å². The topological polar surface area (TPSA) is 73.0 Å². The highest BCUT2D eigenvalue weighted by atomic mass is 35.5. The van der Waals surface area contributed by atoms with Gasteiger partial charge in [0.25, 0.3) is 5.92 Å². The van der Waals surface area contributed by atoms with Gasteiger partial charge in [0, 0.05) is 19.5 Å². The van der Waals surface area contributed by atoms with Gasteiger partial charge in [-0.3, -0.25) is 0 Å². The third-order valence-electron chi connectivity index (χ3n) is 3.12. The van der Waals surface area contributed by atoms with Crippen molar-refractivity contribution in [3.05, 3.63) is 17.0 Å². The van der Waals surface area contributed by atoms with E-state index in [1.165, 1.54) is 6.20 Å². The van der Waals surface area contributed by atoms with Gasteiger partial charge < -0.3 is 10.0 Å². The summed E-state index contributed by atoms with van der Waals surface area (Å²) in [6.07, 6.45) is 0.958. The molecular formula is C11H11ClF2N4O. The zero-order valence-electron chi connectivity index (χ0n) is 9.85. The van der Waals surface area contributed by atoms with Gasteiger partial charge in [0.15, 0.2) is 10.8 Å². The van der Waals surface area contributed by atoms with E-state index in [1.807, 2.05) is 0 Å². The summed E-state index contributed by atoms with van der Waals surface area (Å²) in [7, 11) is 0. The first-order valence-electron chi connectivity index (χ1n) is 5.64. The van der Waals surface area contributed by atoms with E-state index in [2.05, 4.69) is 9.97 Å². The summed E-state index contributed by atoms with van der Waals surface area (Å²) in [6.45, 7) is -0.526. The smallest absolute Gasteiger partial charge is 0.256 e. The molecule has 2 heterocycles. The van der Waals surface area contributed by atoms with E-state index in [-0.39, 0.29) is 30.4 Å². The maximum absolute atomic E-state index is 13.5. The molecule has 0 spiro atoms. The molecule has 8 heteroatoms. The second-order valence-electron chi connectivity index (χ2n) is 4.32. The van der Waals surface area contributed by atoms with E-state index < -0.39 is 18.4 Å². The van der Waals surface area contributed by atoms with E-state index in [0.717, 1.165) is 0 Å². The highest BCUT2D eigenvalue weighted by Gasteiger charge is 2.44. The number of halogens is 3. The largest absolute Gasteiger partial charge is 0.396 e. The number of hydrogen-bond acceptors (Lipinski definition) is 5. The lowest BCUT2D eigenvalue weighted by Crippen LogP contribution is -2.49. The van der Waals surface area contributed by atoms with Gasteiger partial charge >= 0.3 is 0 Å². The molecule has 0 aliphatic carbocycles. The molecule has 5 nitrogen and oxygen atoms in total. The Bertz CT molecular complexity index is 520. The molecule has 0 aromatic carbocycles. The molecule has 1 aromatic rings. The van der Waals surface area contributed by atoms with Crippen molar-refractivity contribution >= 4 is 17.4 Å². The first-order chi connectivity index (χ1) is 8.97. The van der Waals surface area contributed by atoms with Crippen LogP contribution < -0.4 is 4.90 Å². The molecule has 0 saturated carbocycles. The highest BCUT2D eigenvalue weighted by Crippen LogP contribution is 2.34. The molecule has 102 valence electrons. The predicted octanol–water partition coefficient (Wildman–Crippen LogP) is 1.46. The summed E-state index contributed by atoms with van der Waals surface area (Å²) in [4.78, 5) is 9.36. The third-order valence-corrected chi connectivity index (χ3v) is 3.38. The van der Waals surface area contributed by atoms with Crippen molar-refractivity contribution in [2.24, 2.45) is 5.92 Å². The monoisotopic (exact) mass is 288 g/mol. The van der Waals surface area contributed by atoms with Crippen molar-refractivity contribution in [1.82, 2.24) is 9.97 Å². The molecule has 1 aliphatic heterocycles. The van der Waals surface area contributed by atoms with Crippen LogP contribution in [0.5, 0.6) is 0 Å². The first-order valence-corrected chi connectivity index (χ1v) is 6.02. The van der Waals surface area contributed by atoms with Gasteiger partial charge in [0.1, 0.15) is 11.9 Å². The van der Waals surface area contributed by atoms with Crippen molar-refractivity contribution in [2.45, 2.75) is 12.3 Å². The molecular weight excluding hydrogens is 278 g/mol. The van der Waals surface area contributed by atoms with Crippen LogP contribution in [-0.4, -0.2) is 40.7 Å². The number of nitriles is 1. The van der Waals surface area contributed by atoms with Gasteiger partial charge in [-0.15, -0.1) is 0 Å². The van der Waals surface area contributed by atoms with Crippen LogP contribution in [0.2, 0.25) is 5.15 Å². The fraction of sp³-hybridized carbons (Fsp3) is 0.545. The van der Waals surface area contributed by atoms with E-state index in [0.29, 0.717) is 5.82 Å². The predicted molar refractivity (Wildman–Crippen MR) is 64.1 cm³/mol. The molecule has 1 atom stereocenters. The number of aliphatic hydroxyl groups is 1.